The Hall–Kier alpha value is -0.820. The van der Waals surface area contributed by atoms with Gasteiger partial charge in [-0.1, -0.05) is 56.0 Å². The molecule has 1 atom stereocenters. The SMILES string of the molecule is c1ccc(CCC(C2CCCCC2)N2CCCCC2)cc1. The first-order valence-electron chi connectivity index (χ1n) is 9.21. The minimum atomic E-state index is 0.853. The molecule has 1 aliphatic carbocycles. The van der Waals surface area contributed by atoms with Crippen LogP contribution in [0.2, 0.25) is 0 Å². The zero-order valence-electron chi connectivity index (χ0n) is 13.5. The van der Waals surface area contributed by atoms with E-state index in [1.165, 1.54) is 82.9 Å². The van der Waals surface area contributed by atoms with Crippen LogP contribution in [-0.4, -0.2) is 24.0 Å². The van der Waals surface area contributed by atoms with Gasteiger partial charge in [0.25, 0.3) is 0 Å². The van der Waals surface area contributed by atoms with Crippen molar-refractivity contribution >= 4 is 0 Å². The highest BCUT2D eigenvalue weighted by atomic mass is 15.2. The number of piperidine rings is 1. The fourth-order valence-corrected chi connectivity index (χ4v) is 4.44. The molecule has 2 aliphatic rings. The lowest BCUT2D eigenvalue weighted by Gasteiger charge is -2.41. The predicted molar refractivity (Wildman–Crippen MR) is 90.6 cm³/mol. The molecule has 21 heavy (non-hydrogen) atoms. The van der Waals surface area contributed by atoms with Crippen LogP contribution in [0.3, 0.4) is 0 Å². The molecule has 0 amide bonds. The highest BCUT2D eigenvalue weighted by Crippen LogP contribution is 2.32. The van der Waals surface area contributed by atoms with Crippen molar-refractivity contribution in [3.63, 3.8) is 0 Å². The molecule has 0 N–H and O–H groups in total. The first-order valence-corrected chi connectivity index (χ1v) is 9.21. The summed E-state index contributed by atoms with van der Waals surface area (Å²) in [5, 5.41) is 0. The van der Waals surface area contributed by atoms with Gasteiger partial charge in [-0.15, -0.1) is 0 Å². The lowest BCUT2D eigenvalue weighted by molar-refractivity contribution is 0.0904. The van der Waals surface area contributed by atoms with Crippen molar-refractivity contribution in [2.75, 3.05) is 13.1 Å². The van der Waals surface area contributed by atoms with E-state index in [1.54, 1.807) is 0 Å². The van der Waals surface area contributed by atoms with E-state index in [0.29, 0.717) is 0 Å². The van der Waals surface area contributed by atoms with Gasteiger partial charge in [0.2, 0.25) is 0 Å². The second kappa shape index (κ2) is 7.98. The van der Waals surface area contributed by atoms with Gasteiger partial charge in [-0.2, -0.15) is 0 Å². The summed E-state index contributed by atoms with van der Waals surface area (Å²) in [5.74, 6) is 0.973. The molecule has 1 saturated carbocycles. The lowest BCUT2D eigenvalue weighted by atomic mass is 9.80. The second-order valence-corrected chi connectivity index (χ2v) is 7.09. The predicted octanol–water partition coefficient (Wildman–Crippen LogP) is 5.05. The Labute approximate surface area is 130 Å². The van der Waals surface area contributed by atoms with Crippen LogP contribution < -0.4 is 0 Å². The summed E-state index contributed by atoms with van der Waals surface area (Å²) in [6.45, 7) is 2.71. The molecule has 0 spiro atoms. The number of rotatable bonds is 5. The maximum atomic E-state index is 2.85. The quantitative estimate of drug-likeness (QED) is 0.731. The Morgan fingerprint density at radius 3 is 2.24 bits per heavy atom. The Morgan fingerprint density at radius 1 is 0.857 bits per heavy atom. The minimum absolute atomic E-state index is 0.853. The topological polar surface area (TPSA) is 3.24 Å². The van der Waals surface area contributed by atoms with Crippen molar-refractivity contribution in [3.8, 4) is 0 Å². The Kier molecular flexibility index (Phi) is 5.74. The first kappa shape index (κ1) is 15.1. The molecule has 0 bridgehead atoms. The van der Waals surface area contributed by atoms with Crippen LogP contribution in [0, 0.1) is 5.92 Å². The van der Waals surface area contributed by atoms with Crippen LogP contribution in [0.1, 0.15) is 63.4 Å². The first-order chi connectivity index (χ1) is 10.4. The van der Waals surface area contributed by atoms with Gasteiger partial charge in [0.05, 0.1) is 0 Å². The molecule has 0 aromatic heterocycles. The zero-order chi connectivity index (χ0) is 14.3. The van der Waals surface area contributed by atoms with Gasteiger partial charge in [0, 0.05) is 6.04 Å². The fraction of sp³-hybridized carbons (Fsp3) is 0.700. The van der Waals surface area contributed by atoms with Crippen molar-refractivity contribution in [1.82, 2.24) is 4.90 Å². The van der Waals surface area contributed by atoms with Gasteiger partial charge in [-0.3, -0.25) is 0 Å². The monoisotopic (exact) mass is 285 g/mol. The van der Waals surface area contributed by atoms with Crippen LogP contribution >= 0.6 is 0 Å². The summed E-state index contributed by atoms with van der Waals surface area (Å²) in [6, 6.07) is 12.0. The van der Waals surface area contributed by atoms with Crippen molar-refractivity contribution in [2.24, 2.45) is 5.92 Å². The van der Waals surface area contributed by atoms with Gasteiger partial charge >= 0.3 is 0 Å². The van der Waals surface area contributed by atoms with Crippen molar-refractivity contribution < 1.29 is 0 Å². The van der Waals surface area contributed by atoms with Crippen LogP contribution in [0.4, 0.5) is 0 Å². The van der Waals surface area contributed by atoms with Gasteiger partial charge in [-0.25, -0.2) is 0 Å². The standard InChI is InChI=1S/C20H31N/c1-4-10-18(11-5-1)14-15-20(19-12-6-2-7-13-19)21-16-8-3-9-17-21/h1,4-5,10-11,19-20H,2-3,6-9,12-17H2. The molecule has 1 unspecified atom stereocenters. The highest BCUT2D eigenvalue weighted by molar-refractivity contribution is 5.14. The number of nitrogens with zero attached hydrogens (tertiary/aromatic N) is 1. The van der Waals surface area contributed by atoms with Gasteiger partial charge in [-0.05, 0) is 63.1 Å². The number of benzene rings is 1. The molecule has 116 valence electrons. The van der Waals surface area contributed by atoms with Crippen molar-refractivity contribution in [2.45, 2.75) is 70.3 Å². The maximum absolute atomic E-state index is 2.85. The Morgan fingerprint density at radius 2 is 1.52 bits per heavy atom. The van der Waals surface area contributed by atoms with E-state index in [9.17, 15) is 0 Å². The third-order valence-electron chi connectivity index (χ3n) is 5.63. The summed E-state index contributed by atoms with van der Waals surface area (Å²) >= 11 is 0. The minimum Gasteiger partial charge on any atom is -0.300 e. The third-order valence-corrected chi connectivity index (χ3v) is 5.63. The van der Waals surface area contributed by atoms with E-state index in [2.05, 4.69) is 35.2 Å². The molecule has 0 radical (unpaired) electrons. The summed E-state index contributed by atoms with van der Waals surface area (Å²) in [5.41, 5.74) is 1.52. The highest BCUT2D eigenvalue weighted by Gasteiger charge is 2.29. The van der Waals surface area contributed by atoms with Crippen molar-refractivity contribution in [1.29, 1.82) is 0 Å². The summed E-state index contributed by atoms with van der Waals surface area (Å²) in [7, 11) is 0. The summed E-state index contributed by atoms with van der Waals surface area (Å²) in [6.07, 6.45) is 14.3. The molecule has 3 rings (SSSR count). The van der Waals surface area contributed by atoms with E-state index in [0.717, 1.165) is 12.0 Å². The average Bonchev–Trinajstić information content (AvgIpc) is 2.58. The average molecular weight is 285 g/mol. The maximum Gasteiger partial charge on any atom is 0.0127 e. The molecule has 1 aliphatic heterocycles. The van der Waals surface area contributed by atoms with Crippen molar-refractivity contribution in [3.05, 3.63) is 35.9 Å². The molecular weight excluding hydrogens is 254 g/mol. The Bertz CT molecular complexity index is 370. The van der Waals surface area contributed by atoms with E-state index >= 15 is 0 Å². The number of hydrogen-bond acceptors (Lipinski definition) is 1. The van der Waals surface area contributed by atoms with Crippen LogP contribution in [-0.2, 0) is 6.42 Å². The number of likely N-dealkylation sites (tertiary alicyclic amines) is 1. The molecule has 1 nitrogen and oxygen atoms in total. The molecule has 1 aromatic carbocycles. The molecule has 1 aromatic rings. The molecular formula is C20H31N. The second-order valence-electron chi connectivity index (χ2n) is 7.09. The number of hydrogen-bond donors (Lipinski definition) is 0. The van der Waals surface area contributed by atoms with Gasteiger partial charge < -0.3 is 4.90 Å². The summed E-state index contributed by atoms with van der Waals surface area (Å²) in [4.78, 5) is 2.85. The Balaban J connectivity index is 1.62. The molecule has 1 heteroatoms. The van der Waals surface area contributed by atoms with Crippen LogP contribution in [0.15, 0.2) is 30.3 Å². The fourth-order valence-electron chi connectivity index (χ4n) is 4.44. The summed E-state index contributed by atoms with van der Waals surface area (Å²) < 4.78 is 0. The van der Waals surface area contributed by atoms with E-state index < -0.39 is 0 Å². The molecule has 1 heterocycles. The smallest absolute Gasteiger partial charge is 0.0127 e. The van der Waals surface area contributed by atoms with E-state index in [1.807, 2.05) is 0 Å². The van der Waals surface area contributed by atoms with Gasteiger partial charge in [0.15, 0.2) is 0 Å². The van der Waals surface area contributed by atoms with E-state index in [4.69, 9.17) is 0 Å². The third kappa shape index (κ3) is 4.32. The molecule has 2 fully saturated rings. The number of aryl methyl sites for hydroxylation is 1. The van der Waals surface area contributed by atoms with Crippen LogP contribution in [0.5, 0.6) is 0 Å². The largest absolute Gasteiger partial charge is 0.300 e. The normalized spacial score (nSPS) is 23.0. The van der Waals surface area contributed by atoms with E-state index in [-0.39, 0.29) is 0 Å². The zero-order valence-corrected chi connectivity index (χ0v) is 13.5. The molecule has 1 saturated heterocycles. The van der Waals surface area contributed by atoms with Crippen LogP contribution in [0.25, 0.3) is 0 Å². The van der Waals surface area contributed by atoms with Gasteiger partial charge in [0.1, 0.15) is 0 Å². The lowest BCUT2D eigenvalue weighted by Crippen LogP contribution is -2.44.